The maximum Gasteiger partial charge on any atom is 0.181 e. The second-order valence-electron chi connectivity index (χ2n) is 10.9. The molecule has 1 aliphatic carbocycles. The van der Waals surface area contributed by atoms with Crippen molar-refractivity contribution in [3.63, 3.8) is 0 Å². The maximum absolute atomic E-state index is 5.83. The van der Waals surface area contributed by atoms with Crippen molar-refractivity contribution in [3.8, 4) is 28.5 Å². The SMILES string of the molecule is CCN1Cc2[nH]c(-c3ccc(-c4nc(Cc5ccc6[nH]ncc6c5C5CC5)n(C)n4)cc3OC)nc2CC1C. The average molecular weight is 523 g/mol. The molecule has 9 heteroatoms. The van der Waals surface area contributed by atoms with Gasteiger partial charge >= 0.3 is 0 Å². The lowest BCUT2D eigenvalue weighted by Crippen LogP contribution is -2.38. The molecule has 0 amide bonds. The van der Waals surface area contributed by atoms with Crippen LogP contribution in [0.15, 0.2) is 36.5 Å². The van der Waals surface area contributed by atoms with Gasteiger partial charge in [-0.15, -0.1) is 0 Å². The first kappa shape index (κ1) is 24.1. The molecule has 4 heterocycles. The number of nitrogens with one attached hydrogen (secondary N) is 2. The Bertz CT molecular complexity index is 1670. The van der Waals surface area contributed by atoms with Gasteiger partial charge in [-0.3, -0.25) is 14.7 Å². The fraction of sp³-hybridized carbons (Fsp3) is 0.400. The number of aromatic amines is 2. The predicted octanol–water partition coefficient (Wildman–Crippen LogP) is 4.99. The van der Waals surface area contributed by atoms with Crippen molar-refractivity contribution in [3.05, 3.63) is 64.9 Å². The summed E-state index contributed by atoms with van der Waals surface area (Å²) in [6, 6.07) is 11.0. The number of fused-ring (bicyclic) bond motifs is 2. The van der Waals surface area contributed by atoms with E-state index in [2.05, 4.69) is 58.2 Å². The highest BCUT2D eigenvalue weighted by Crippen LogP contribution is 2.45. The van der Waals surface area contributed by atoms with Crippen molar-refractivity contribution in [2.75, 3.05) is 13.7 Å². The molecule has 5 aromatic rings. The number of H-pyrrole nitrogens is 2. The van der Waals surface area contributed by atoms with Crippen molar-refractivity contribution >= 4 is 10.9 Å². The van der Waals surface area contributed by atoms with Crippen LogP contribution in [0, 0.1) is 0 Å². The van der Waals surface area contributed by atoms with E-state index in [1.54, 1.807) is 7.11 Å². The van der Waals surface area contributed by atoms with Gasteiger partial charge in [0.15, 0.2) is 5.82 Å². The molecule has 3 aromatic heterocycles. The van der Waals surface area contributed by atoms with Crippen LogP contribution in [-0.2, 0) is 26.4 Å². The van der Waals surface area contributed by atoms with Gasteiger partial charge < -0.3 is 9.72 Å². The van der Waals surface area contributed by atoms with Gasteiger partial charge in [0.1, 0.15) is 17.4 Å². The Kier molecular flexibility index (Phi) is 5.77. The molecule has 0 radical (unpaired) electrons. The molecule has 7 rings (SSSR count). The van der Waals surface area contributed by atoms with Crippen LogP contribution in [0.25, 0.3) is 33.7 Å². The zero-order chi connectivity index (χ0) is 26.7. The molecule has 0 spiro atoms. The van der Waals surface area contributed by atoms with Crippen LogP contribution in [0.5, 0.6) is 5.75 Å². The van der Waals surface area contributed by atoms with Crippen LogP contribution >= 0.6 is 0 Å². The molecular formula is C30H34N8O. The largest absolute Gasteiger partial charge is 0.496 e. The van der Waals surface area contributed by atoms with Crippen LogP contribution in [0.2, 0.25) is 0 Å². The summed E-state index contributed by atoms with van der Waals surface area (Å²) in [7, 11) is 3.67. The van der Waals surface area contributed by atoms with Gasteiger partial charge in [0.2, 0.25) is 0 Å². The Morgan fingerprint density at radius 3 is 2.79 bits per heavy atom. The van der Waals surface area contributed by atoms with Crippen LogP contribution in [0.3, 0.4) is 0 Å². The monoisotopic (exact) mass is 522 g/mol. The summed E-state index contributed by atoms with van der Waals surface area (Å²) in [5, 5.41) is 13.4. The van der Waals surface area contributed by atoms with Gasteiger partial charge in [-0.25, -0.2) is 9.97 Å². The highest BCUT2D eigenvalue weighted by Gasteiger charge is 2.29. The molecule has 1 saturated carbocycles. The summed E-state index contributed by atoms with van der Waals surface area (Å²) in [5.41, 5.74) is 8.04. The van der Waals surface area contributed by atoms with Gasteiger partial charge in [0, 0.05) is 43.4 Å². The standard InChI is InChI=1S/C30H34N8O/c1-5-38-16-25-24(12-17(38)2)32-30(33-25)21-10-8-20(13-26(21)39-4)29-34-27(37(3)36-29)14-19-9-11-23-22(15-31-35-23)28(19)18-6-7-18/h8-11,13,15,17-18H,5-7,12,14,16H2,1-4H3,(H,31,35)(H,32,33). The Morgan fingerprint density at radius 2 is 2.00 bits per heavy atom. The summed E-state index contributed by atoms with van der Waals surface area (Å²) in [4.78, 5) is 16.0. The number of ether oxygens (including phenoxy) is 1. The Labute approximate surface area is 227 Å². The number of benzene rings is 2. The third-order valence-electron chi connectivity index (χ3n) is 8.40. The third-order valence-corrected chi connectivity index (χ3v) is 8.40. The fourth-order valence-electron chi connectivity index (χ4n) is 6.05. The zero-order valence-corrected chi connectivity index (χ0v) is 23.0. The van der Waals surface area contributed by atoms with Gasteiger partial charge in [-0.2, -0.15) is 10.2 Å². The fourth-order valence-corrected chi connectivity index (χ4v) is 6.05. The van der Waals surface area contributed by atoms with E-state index in [0.717, 1.165) is 65.7 Å². The Morgan fingerprint density at radius 1 is 1.13 bits per heavy atom. The van der Waals surface area contributed by atoms with Gasteiger partial charge in [0.05, 0.1) is 35.8 Å². The lowest BCUT2D eigenvalue weighted by molar-refractivity contribution is 0.191. The third kappa shape index (κ3) is 4.21. The predicted molar refractivity (Wildman–Crippen MR) is 151 cm³/mol. The molecule has 1 fully saturated rings. The van der Waals surface area contributed by atoms with Crippen LogP contribution in [-0.4, -0.2) is 59.5 Å². The van der Waals surface area contributed by atoms with E-state index >= 15 is 0 Å². The minimum absolute atomic E-state index is 0.495. The highest BCUT2D eigenvalue weighted by molar-refractivity contribution is 5.84. The number of hydrogen-bond acceptors (Lipinski definition) is 6. The molecule has 1 atom stereocenters. The summed E-state index contributed by atoms with van der Waals surface area (Å²) in [5.74, 6) is 3.86. The number of imidazole rings is 1. The molecular weight excluding hydrogens is 488 g/mol. The number of aromatic nitrogens is 7. The molecule has 1 aliphatic heterocycles. The zero-order valence-electron chi connectivity index (χ0n) is 23.0. The van der Waals surface area contributed by atoms with E-state index in [4.69, 9.17) is 19.8 Å². The van der Waals surface area contributed by atoms with Crippen molar-refractivity contribution in [1.82, 2.24) is 39.8 Å². The molecule has 0 bridgehead atoms. The molecule has 9 nitrogen and oxygen atoms in total. The second-order valence-corrected chi connectivity index (χ2v) is 10.9. The summed E-state index contributed by atoms with van der Waals surface area (Å²) in [6.45, 7) is 6.41. The topological polar surface area (TPSA) is 101 Å². The first-order valence-electron chi connectivity index (χ1n) is 13.9. The van der Waals surface area contributed by atoms with E-state index in [0.29, 0.717) is 17.8 Å². The smallest absolute Gasteiger partial charge is 0.181 e. The normalized spacial score (nSPS) is 17.6. The summed E-state index contributed by atoms with van der Waals surface area (Å²) >= 11 is 0. The molecule has 2 aliphatic rings. The van der Waals surface area contributed by atoms with Gasteiger partial charge in [-0.05, 0) is 61.6 Å². The van der Waals surface area contributed by atoms with Crippen LogP contribution < -0.4 is 4.74 Å². The van der Waals surface area contributed by atoms with E-state index in [9.17, 15) is 0 Å². The minimum Gasteiger partial charge on any atom is -0.496 e. The van der Waals surface area contributed by atoms with Gasteiger partial charge in [0.25, 0.3) is 0 Å². The first-order chi connectivity index (χ1) is 19.0. The molecule has 39 heavy (non-hydrogen) atoms. The average Bonchev–Trinajstić information content (AvgIpc) is 3.34. The van der Waals surface area contributed by atoms with Gasteiger partial charge in [-0.1, -0.05) is 19.1 Å². The maximum atomic E-state index is 5.83. The number of methoxy groups -OCH3 is 1. The number of hydrogen-bond donors (Lipinski definition) is 2. The van der Waals surface area contributed by atoms with E-state index in [1.165, 1.54) is 35.0 Å². The van der Waals surface area contributed by atoms with Crippen molar-refractivity contribution < 1.29 is 4.74 Å². The molecule has 1 unspecified atom stereocenters. The molecule has 200 valence electrons. The van der Waals surface area contributed by atoms with Crippen LogP contribution in [0.4, 0.5) is 0 Å². The van der Waals surface area contributed by atoms with Crippen molar-refractivity contribution in [2.24, 2.45) is 7.05 Å². The lowest BCUT2D eigenvalue weighted by atomic mass is 9.96. The Hall–Kier alpha value is -3.98. The quantitative estimate of drug-likeness (QED) is 0.312. The summed E-state index contributed by atoms with van der Waals surface area (Å²) in [6.07, 6.45) is 6.12. The van der Waals surface area contributed by atoms with Crippen LogP contribution in [0.1, 0.15) is 60.9 Å². The van der Waals surface area contributed by atoms with E-state index < -0.39 is 0 Å². The first-order valence-corrected chi connectivity index (χ1v) is 13.9. The Balaban J connectivity index is 1.19. The van der Waals surface area contributed by atoms with Crippen molar-refractivity contribution in [2.45, 2.75) is 58.0 Å². The number of aryl methyl sites for hydroxylation is 1. The lowest BCUT2D eigenvalue weighted by Gasteiger charge is -2.31. The molecule has 0 saturated heterocycles. The van der Waals surface area contributed by atoms with E-state index in [-0.39, 0.29) is 0 Å². The number of nitrogens with zero attached hydrogens (tertiary/aromatic N) is 6. The number of rotatable bonds is 7. The van der Waals surface area contributed by atoms with Crippen molar-refractivity contribution in [1.29, 1.82) is 0 Å². The minimum atomic E-state index is 0.495. The molecule has 2 N–H and O–H groups in total. The number of likely N-dealkylation sites (N-methyl/N-ethyl adjacent to an activating group) is 1. The second kappa shape index (κ2) is 9.34. The summed E-state index contributed by atoms with van der Waals surface area (Å²) < 4.78 is 7.73. The molecule has 2 aromatic carbocycles. The van der Waals surface area contributed by atoms with E-state index in [1.807, 2.05) is 24.0 Å². The highest BCUT2D eigenvalue weighted by atomic mass is 16.5.